The first-order chi connectivity index (χ1) is 13.4. The number of alkyl halides is 3. The summed E-state index contributed by atoms with van der Waals surface area (Å²) in [5.74, 6) is -0.918. The largest absolute Gasteiger partial charge is 0.416 e. The van der Waals surface area contributed by atoms with E-state index in [4.69, 9.17) is 0 Å². The molecule has 0 atom stereocenters. The fraction of sp³-hybridized carbons (Fsp3) is 0.118. The van der Waals surface area contributed by atoms with Gasteiger partial charge in [0.2, 0.25) is 15.9 Å². The van der Waals surface area contributed by atoms with Crippen molar-refractivity contribution in [1.29, 1.82) is 0 Å². The third kappa shape index (κ3) is 6.31. The molecule has 154 valence electrons. The molecule has 29 heavy (non-hydrogen) atoms. The predicted molar refractivity (Wildman–Crippen MR) is 101 cm³/mol. The van der Waals surface area contributed by atoms with Gasteiger partial charge in [0.05, 0.1) is 33.7 Å². The maximum absolute atomic E-state index is 12.9. The molecule has 0 aromatic heterocycles. The summed E-state index contributed by atoms with van der Waals surface area (Å²) in [5.41, 5.74) is -1.97. The molecule has 0 aliphatic rings. The van der Waals surface area contributed by atoms with Crippen molar-refractivity contribution in [2.45, 2.75) is 6.18 Å². The molecular formula is C17H14F3N3O5S. The van der Waals surface area contributed by atoms with Crippen LogP contribution in [0.5, 0.6) is 0 Å². The fourth-order valence-electron chi connectivity index (χ4n) is 2.25. The normalized spacial score (nSPS) is 12.0. The van der Waals surface area contributed by atoms with Crippen LogP contribution in [0.3, 0.4) is 0 Å². The van der Waals surface area contributed by atoms with Crippen LogP contribution in [0.25, 0.3) is 6.08 Å². The summed E-state index contributed by atoms with van der Waals surface area (Å²) in [5, 5.41) is 13.1. The van der Waals surface area contributed by atoms with E-state index in [1.807, 2.05) is 4.72 Å². The Labute approximate surface area is 163 Å². The number of nitro benzene ring substituents is 1. The first-order valence-electron chi connectivity index (χ1n) is 7.78. The van der Waals surface area contributed by atoms with Gasteiger partial charge in [-0.2, -0.15) is 13.2 Å². The number of nitrogens with zero attached hydrogens (tertiary/aromatic N) is 1. The molecule has 2 aromatic rings. The first-order valence-corrected chi connectivity index (χ1v) is 9.67. The van der Waals surface area contributed by atoms with Crippen LogP contribution in [0.1, 0.15) is 11.1 Å². The summed E-state index contributed by atoms with van der Waals surface area (Å²) < 4.78 is 63.6. The summed E-state index contributed by atoms with van der Waals surface area (Å²) in [6, 6.07) is 7.63. The quantitative estimate of drug-likeness (QED) is 0.413. The molecule has 0 bridgehead atoms. The Morgan fingerprint density at radius 3 is 2.38 bits per heavy atom. The Kier molecular flexibility index (Phi) is 6.27. The van der Waals surface area contributed by atoms with Gasteiger partial charge in [-0.3, -0.25) is 19.6 Å². The van der Waals surface area contributed by atoms with E-state index < -0.39 is 38.3 Å². The molecule has 12 heteroatoms. The molecule has 0 radical (unpaired) electrons. The number of rotatable bonds is 6. The number of carbonyl (C=O) groups excluding carboxylic acids is 1. The van der Waals surface area contributed by atoms with Crippen molar-refractivity contribution in [2.75, 3.05) is 16.3 Å². The van der Waals surface area contributed by atoms with Gasteiger partial charge < -0.3 is 5.32 Å². The summed E-state index contributed by atoms with van der Waals surface area (Å²) in [6.07, 6.45) is -1.92. The van der Waals surface area contributed by atoms with Crippen LogP contribution < -0.4 is 10.0 Å². The van der Waals surface area contributed by atoms with Crippen LogP contribution in [0, 0.1) is 10.1 Å². The van der Waals surface area contributed by atoms with Crippen molar-refractivity contribution in [3.8, 4) is 0 Å². The number of sulfonamides is 1. The molecule has 0 spiro atoms. The molecule has 2 aromatic carbocycles. The standard InChI is InChI=1S/C17H14F3N3O5S/c1-29(27,28)22-13-8-7-12(17(18,19)20)10-14(13)21-16(24)9-6-11-4-2-3-5-15(11)23(25)26/h2-10,22H,1H3,(H,21,24). The van der Waals surface area contributed by atoms with E-state index >= 15 is 0 Å². The molecule has 0 unspecified atom stereocenters. The van der Waals surface area contributed by atoms with Crippen LogP contribution in [-0.4, -0.2) is 25.5 Å². The van der Waals surface area contributed by atoms with Crippen molar-refractivity contribution in [3.05, 3.63) is 69.8 Å². The van der Waals surface area contributed by atoms with Crippen molar-refractivity contribution in [3.63, 3.8) is 0 Å². The third-order valence-electron chi connectivity index (χ3n) is 3.45. The average molecular weight is 429 g/mol. The Morgan fingerprint density at radius 1 is 1.14 bits per heavy atom. The molecule has 0 saturated heterocycles. The summed E-state index contributed by atoms with van der Waals surface area (Å²) in [4.78, 5) is 22.4. The molecule has 0 fully saturated rings. The highest BCUT2D eigenvalue weighted by Gasteiger charge is 2.31. The molecule has 0 aliphatic carbocycles. The number of carbonyl (C=O) groups is 1. The zero-order valence-corrected chi connectivity index (χ0v) is 15.5. The lowest BCUT2D eigenvalue weighted by molar-refractivity contribution is -0.385. The van der Waals surface area contributed by atoms with E-state index in [2.05, 4.69) is 5.32 Å². The van der Waals surface area contributed by atoms with Gasteiger partial charge in [0.15, 0.2) is 0 Å². The molecule has 2 rings (SSSR count). The van der Waals surface area contributed by atoms with Crippen molar-refractivity contribution < 1.29 is 31.3 Å². The van der Waals surface area contributed by atoms with E-state index in [-0.39, 0.29) is 16.9 Å². The third-order valence-corrected chi connectivity index (χ3v) is 4.04. The molecule has 0 aliphatic heterocycles. The van der Waals surface area contributed by atoms with E-state index in [9.17, 15) is 36.5 Å². The fourth-order valence-corrected chi connectivity index (χ4v) is 2.82. The number of hydrogen-bond donors (Lipinski definition) is 2. The van der Waals surface area contributed by atoms with Crippen LogP contribution in [0.15, 0.2) is 48.5 Å². The minimum Gasteiger partial charge on any atom is -0.321 e. The van der Waals surface area contributed by atoms with Gasteiger partial charge in [-0.15, -0.1) is 0 Å². The highest BCUT2D eigenvalue weighted by Crippen LogP contribution is 2.34. The van der Waals surface area contributed by atoms with Gasteiger partial charge in [-0.25, -0.2) is 8.42 Å². The summed E-state index contributed by atoms with van der Waals surface area (Å²) >= 11 is 0. The number of halogens is 3. The second kappa shape index (κ2) is 8.31. The number of nitro groups is 1. The minimum atomic E-state index is -4.72. The van der Waals surface area contributed by atoms with E-state index in [1.54, 1.807) is 0 Å². The molecular weight excluding hydrogens is 415 g/mol. The summed E-state index contributed by atoms with van der Waals surface area (Å²) in [7, 11) is -3.83. The Morgan fingerprint density at radius 2 is 1.79 bits per heavy atom. The predicted octanol–water partition coefficient (Wildman–Crippen LogP) is 3.64. The topological polar surface area (TPSA) is 118 Å². The average Bonchev–Trinajstić information content (AvgIpc) is 2.59. The van der Waals surface area contributed by atoms with Crippen LogP contribution in [0.4, 0.5) is 30.2 Å². The number of nitrogens with one attached hydrogen (secondary N) is 2. The van der Waals surface area contributed by atoms with Gasteiger partial charge in [-0.05, 0) is 30.3 Å². The number of amides is 1. The van der Waals surface area contributed by atoms with E-state index in [1.165, 1.54) is 24.3 Å². The smallest absolute Gasteiger partial charge is 0.321 e. The molecule has 1 amide bonds. The lowest BCUT2D eigenvalue weighted by atomic mass is 10.1. The second-order valence-corrected chi connectivity index (χ2v) is 7.52. The van der Waals surface area contributed by atoms with E-state index in [0.29, 0.717) is 12.1 Å². The molecule has 2 N–H and O–H groups in total. The van der Waals surface area contributed by atoms with E-state index in [0.717, 1.165) is 24.5 Å². The van der Waals surface area contributed by atoms with Crippen molar-refractivity contribution in [1.82, 2.24) is 0 Å². The van der Waals surface area contributed by atoms with Crippen LogP contribution in [-0.2, 0) is 21.0 Å². The highest BCUT2D eigenvalue weighted by atomic mass is 32.2. The Bertz CT molecular complexity index is 1080. The lowest BCUT2D eigenvalue weighted by Crippen LogP contribution is -2.16. The number of para-hydroxylation sites is 1. The first kappa shape index (κ1) is 21.9. The number of benzene rings is 2. The van der Waals surface area contributed by atoms with Gasteiger partial charge in [-0.1, -0.05) is 12.1 Å². The SMILES string of the molecule is CS(=O)(=O)Nc1ccc(C(F)(F)F)cc1NC(=O)C=Cc1ccccc1[N+](=O)[O-]. The number of anilines is 2. The minimum absolute atomic E-state index is 0.103. The van der Waals surface area contributed by atoms with Crippen molar-refractivity contribution in [2.24, 2.45) is 0 Å². The highest BCUT2D eigenvalue weighted by molar-refractivity contribution is 7.92. The van der Waals surface area contributed by atoms with Gasteiger partial charge >= 0.3 is 6.18 Å². The van der Waals surface area contributed by atoms with Crippen LogP contribution in [0.2, 0.25) is 0 Å². The van der Waals surface area contributed by atoms with Crippen molar-refractivity contribution >= 4 is 39.1 Å². The zero-order valence-electron chi connectivity index (χ0n) is 14.7. The van der Waals surface area contributed by atoms with Crippen LogP contribution >= 0.6 is 0 Å². The monoisotopic (exact) mass is 429 g/mol. The Balaban J connectivity index is 2.34. The second-order valence-electron chi connectivity index (χ2n) is 5.77. The summed E-state index contributed by atoms with van der Waals surface area (Å²) in [6.45, 7) is 0. The maximum atomic E-state index is 12.9. The Hall–Kier alpha value is -3.41. The zero-order chi connectivity index (χ0) is 21.8. The number of hydrogen-bond acceptors (Lipinski definition) is 5. The van der Waals surface area contributed by atoms with Gasteiger partial charge in [0.25, 0.3) is 5.69 Å². The van der Waals surface area contributed by atoms with Gasteiger partial charge in [0, 0.05) is 12.1 Å². The molecule has 0 saturated carbocycles. The molecule has 8 nitrogen and oxygen atoms in total. The van der Waals surface area contributed by atoms with Gasteiger partial charge in [0.1, 0.15) is 0 Å². The molecule has 0 heterocycles. The lowest BCUT2D eigenvalue weighted by Gasteiger charge is -2.14. The maximum Gasteiger partial charge on any atom is 0.416 e.